The Kier molecular flexibility index (Phi) is 4.80. The van der Waals surface area contributed by atoms with Gasteiger partial charge in [-0.05, 0) is 42.1 Å². The van der Waals surface area contributed by atoms with E-state index in [-0.39, 0.29) is 11.9 Å². The van der Waals surface area contributed by atoms with Gasteiger partial charge in [0.15, 0.2) is 0 Å². The maximum Gasteiger partial charge on any atom is 0.323 e. The quantitative estimate of drug-likeness (QED) is 0.672. The average molecular weight is 389 g/mol. The van der Waals surface area contributed by atoms with Gasteiger partial charge in [0.2, 0.25) is 5.91 Å². The molecule has 0 atom stereocenters. The number of hydrogen-bond donors (Lipinski definition) is 2. The van der Waals surface area contributed by atoms with Gasteiger partial charge in [0.25, 0.3) is 0 Å². The Hall–Kier alpha value is -3.61. The summed E-state index contributed by atoms with van der Waals surface area (Å²) >= 11 is 0. The molecular formula is C22H23N5O2. The highest BCUT2D eigenvalue weighted by Crippen LogP contribution is 2.22. The van der Waals surface area contributed by atoms with Crippen LogP contribution in [0.25, 0.3) is 17.0 Å². The van der Waals surface area contributed by atoms with Crippen molar-refractivity contribution >= 4 is 34.7 Å². The first-order valence-electron chi connectivity index (χ1n) is 9.43. The van der Waals surface area contributed by atoms with Crippen LogP contribution >= 0.6 is 0 Å². The predicted molar refractivity (Wildman–Crippen MR) is 113 cm³/mol. The molecule has 0 saturated heterocycles. The summed E-state index contributed by atoms with van der Waals surface area (Å²) in [5.41, 5.74) is 4.52. The Balaban J connectivity index is 1.46. The third-order valence-corrected chi connectivity index (χ3v) is 5.19. The standard InChI is InChI=1S/C22H23N5O2/c1-14(8-15-9-17-13-26(2)22(29)25-20(17)23-11-15)21(28)24-12-18-10-16-6-4-5-7-19(16)27(18)3/h4-11H,12-13H2,1-3H3,(H,24,28)(H,23,25,29)/b14-8+. The minimum atomic E-state index is -0.169. The molecule has 0 unspecified atom stereocenters. The van der Waals surface area contributed by atoms with Crippen LogP contribution in [-0.2, 0) is 24.9 Å². The molecule has 3 aromatic rings. The first kappa shape index (κ1) is 18.7. The van der Waals surface area contributed by atoms with Crippen LogP contribution < -0.4 is 10.6 Å². The minimum Gasteiger partial charge on any atom is -0.347 e. The fourth-order valence-electron chi connectivity index (χ4n) is 3.51. The van der Waals surface area contributed by atoms with E-state index in [0.29, 0.717) is 24.5 Å². The number of urea groups is 1. The van der Waals surface area contributed by atoms with E-state index in [9.17, 15) is 9.59 Å². The van der Waals surface area contributed by atoms with Crippen LogP contribution in [0.5, 0.6) is 0 Å². The van der Waals surface area contributed by atoms with Gasteiger partial charge in [-0.25, -0.2) is 9.78 Å². The summed E-state index contributed by atoms with van der Waals surface area (Å²) in [6.45, 7) is 2.72. The van der Waals surface area contributed by atoms with Crippen molar-refractivity contribution in [1.82, 2.24) is 19.8 Å². The summed E-state index contributed by atoms with van der Waals surface area (Å²) in [5, 5.41) is 6.88. The van der Waals surface area contributed by atoms with Crippen LogP contribution in [0, 0.1) is 0 Å². The van der Waals surface area contributed by atoms with E-state index < -0.39 is 0 Å². The molecule has 0 saturated carbocycles. The van der Waals surface area contributed by atoms with Crippen molar-refractivity contribution in [2.45, 2.75) is 20.0 Å². The molecule has 1 aliphatic rings. The molecule has 7 heteroatoms. The second kappa shape index (κ2) is 7.43. The molecule has 0 fully saturated rings. The molecule has 3 amide bonds. The summed E-state index contributed by atoms with van der Waals surface area (Å²) in [5.74, 6) is 0.446. The maximum absolute atomic E-state index is 12.6. The Morgan fingerprint density at radius 3 is 2.86 bits per heavy atom. The second-order valence-corrected chi connectivity index (χ2v) is 7.33. The van der Waals surface area contributed by atoms with Gasteiger partial charge >= 0.3 is 6.03 Å². The van der Waals surface area contributed by atoms with E-state index in [0.717, 1.165) is 27.7 Å². The molecule has 7 nitrogen and oxygen atoms in total. The molecule has 3 heterocycles. The SMILES string of the molecule is C/C(=C\c1cnc2c(c1)CN(C)C(=O)N2)C(=O)NCc1cc2ccccc2n1C. The van der Waals surface area contributed by atoms with Crippen molar-refractivity contribution in [3.63, 3.8) is 0 Å². The summed E-state index contributed by atoms with van der Waals surface area (Å²) in [7, 11) is 3.73. The van der Waals surface area contributed by atoms with E-state index in [1.807, 2.05) is 25.2 Å². The van der Waals surface area contributed by atoms with Gasteiger partial charge in [-0.2, -0.15) is 0 Å². The molecular weight excluding hydrogens is 366 g/mol. The fourth-order valence-corrected chi connectivity index (χ4v) is 3.51. The van der Waals surface area contributed by atoms with Gasteiger partial charge < -0.3 is 14.8 Å². The molecule has 1 aromatic carbocycles. The number of nitrogens with one attached hydrogen (secondary N) is 2. The van der Waals surface area contributed by atoms with Crippen molar-refractivity contribution < 1.29 is 9.59 Å². The molecule has 4 rings (SSSR count). The molecule has 1 aliphatic heterocycles. The van der Waals surface area contributed by atoms with Crippen molar-refractivity contribution in [2.75, 3.05) is 12.4 Å². The normalized spacial score (nSPS) is 14.0. The van der Waals surface area contributed by atoms with Gasteiger partial charge in [0.1, 0.15) is 5.82 Å². The van der Waals surface area contributed by atoms with Gasteiger partial charge in [0.05, 0.1) is 13.1 Å². The first-order chi connectivity index (χ1) is 13.9. The molecule has 29 heavy (non-hydrogen) atoms. The Morgan fingerprint density at radius 1 is 1.28 bits per heavy atom. The number of hydrogen-bond acceptors (Lipinski definition) is 3. The van der Waals surface area contributed by atoms with Crippen LogP contribution in [-0.4, -0.2) is 33.4 Å². The number of para-hydroxylation sites is 1. The monoisotopic (exact) mass is 389 g/mol. The molecule has 0 aliphatic carbocycles. The van der Waals surface area contributed by atoms with Crippen LogP contribution in [0.15, 0.2) is 48.2 Å². The number of amides is 3. The largest absolute Gasteiger partial charge is 0.347 e. The Morgan fingerprint density at radius 2 is 2.07 bits per heavy atom. The lowest BCUT2D eigenvalue weighted by molar-refractivity contribution is -0.117. The minimum absolute atomic E-state index is 0.126. The summed E-state index contributed by atoms with van der Waals surface area (Å²) in [4.78, 5) is 30.1. The van der Waals surface area contributed by atoms with Crippen LogP contribution in [0.4, 0.5) is 10.6 Å². The summed E-state index contributed by atoms with van der Waals surface area (Å²) in [6, 6.07) is 12.0. The molecule has 148 valence electrons. The second-order valence-electron chi connectivity index (χ2n) is 7.33. The highest BCUT2D eigenvalue weighted by molar-refractivity contribution is 5.97. The van der Waals surface area contributed by atoms with Gasteiger partial charge in [-0.1, -0.05) is 18.2 Å². The zero-order chi connectivity index (χ0) is 20.5. The molecule has 0 spiro atoms. The fraction of sp³-hybridized carbons (Fsp3) is 0.227. The van der Waals surface area contributed by atoms with Gasteiger partial charge in [-0.15, -0.1) is 0 Å². The molecule has 2 N–H and O–H groups in total. The first-order valence-corrected chi connectivity index (χ1v) is 9.43. The third kappa shape index (κ3) is 3.71. The number of aryl methyl sites for hydroxylation is 1. The maximum atomic E-state index is 12.6. The van der Waals surface area contributed by atoms with E-state index in [1.165, 1.54) is 0 Å². The van der Waals surface area contributed by atoms with Gasteiger partial charge in [-0.3, -0.25) is 10.1 Å². The summed E-state index contributed by atoms with van der Waals surface area (Å²) < 4.78 is 2.09. The number of rotatable bonds is 4. The third-order valence-electron chi connectivity index (χ3n) is 5.19. The molecule has 2 aromatic heterocycles. The van der Waals surface area contributed by atoms with E-state index in [4.69, 9.17) is 0 Å². The van der Waals surface area contributed by atoms with Crippen molar-refractivity contribution in [3.8, 4) is 0 Å². The lowest BCUT2D eigenvalue weighted by atomic mass is 10.1. The van der Waals surface area contributed by atoms with Crippen LogP contribution in [0.3, 0.4) is 0 Å². The Labute approximate surface area is 169 Å². The Bertz CT molecular complexity index is 1150. The number of anilines is 1. The van der Waals surface area contributed by atoms with Crippen molar-refractivity contribution in [1.29, 1.82) is 0 Å². The number of benzene rings is 1. The van der Waals surface area contributed by atoms with E-state index >= 15 is 0 Å². The topological polar surface area (TPSA) is 79.3 Å². The number of aromatic nitrogens is 2. The van der Waals surface area contributed by atoms with Crippen LogP contribution in [0.1, 0.15) is 23.7 Å². The van der Waals surface area contributed by atoms with Crippen molar-refractivity contribution in [3.05, 3.63) is 65.0 Å². The van der Waals surface area contributed by atoms with E-state index in [2.05, 4.69) is 38.4 Å². The number of fused-ring (bicyclic) bond motifs is 2. The zero-order valence-electron chi connectivity index (χ0n) is 16.7. The zero-order valence-corrected chi connectivity index (χ0v) is 16.7. The lowest BCUT2D eigenvalue weighted by Crippen LogP contribution is -2.35. The van der Waals surface area contributed by atoms with E-state index in [1.54, 1.807) is 31.1 Å². The number of carbonyl (C=O) groups excluding carboxylic acids is 2. The predicted octanol–water partition coefficient (Wildman–Crippen LogP) is 3.27. The molecule has 0 bridgehead atoms. The average Bonchev–Trinajstić information content (AvgIpc) is 3.03. The number of carbonyl (C=O) groups is 2. The number of pyridine rings is 1. The highest BCUT2D eigenvalue weighted by atomic mass is 16.2. The lowest BCUT2D eigenvalue weighted by Gasteiger charge is -2.25. The molecule has 0 radical (unpaired) electrons. The number of nitrogens with zero attached hydrogens (tertiary/aromatic N) is 3. The smallest absolute Gasteiger partial charge is 0.323 e. The highest BCUT2D eigenvalue weighted by Gasteiger charge is 2.20. The van der Waals surface area contributed by atoms with Crippen LogP contribution in [0.2, 0.25) is 0 Å². The summed E-state index contributed by atoms with van der Waals surface area (Å²) in [6.07, 6.45) is 3.46. The van der Waals surface area contributed by atoms with Gasteiger partial charge in [0, 0.05) is 42.6 Å². The van der Waals surface area contributed by atoms with Crippen molar-refractivity contribution in [2.24, 2.45) is 7.05 Å².